The number of nitrogens with zero attached hydrogens (tertiary/aromatic N) is 2. The summed E-state index contributed by atoms with van der Waals surface area (Å²) in [6, 6.07) is 5.04. The van der Waals surface area contributed by atoms with Gasteiger partial charge in [0.05, 0.1) is 5.56 Å². The fourth-order valence-corrected chi connectivity index (χ4v) is 2.31. The Morgan fingerprint density at radius 2 is 1.95 bits per heavy atom. The standard InChI is InChI=1S/C14H19FN2O.C2H6/c1-10-7-17(8-10)9-11-5-4-6-12(13(11)15)14(18)16(2)3;1-2/h4-6,10H,7-9H2,1-3H3;1-2H3. The first kappa shape index (κ1) is 16.6. The molecule has 4 heteroatoms. The summed E-state index contributed by atoms with van der Waals surface area (Å²) in [5.41, 5.74) is 0.765. The minimum absolute atomic E-state index is 0.158. The molecule has 0 spiro atoms. The molecule has 2 rings (SSSR count). The Bertz CT molecular complexity index is 454. The molecule has 0 aliphatic carbocycles. The van der Waals surface area contributed by atoms with Crippen LogP contribution in [0.3, 0.4) is 0 Å². The number of carbonyl (C=O) groups excluding carboxylic acids is 1. The molecule has 0 atom stereocenters. The maximum atomic E-state index is 14.2. The number of carbonyl (C=O) groups is 1. The van der Waals surface area contributed by atoms with Gasteiger partial charge in [0.2, 0.25) is 0 Å². The number of halogens is 1. The van der Waals surface area contributed by atoms with Crippen LogP contribution in [0.2, 0.25) is 0 Å². The molecule has 1 amide bonds. The summed E-state index contributed by atoms with van der Waals surface area (Å²) in [4.78, 5) is 15.4. The van der Waals surface area contributed by atoms with E-state index in [9.17, 15) is 9.18 Å². The van der Waals surface area contributed by atoms with Crippen LogP contribution >= 0.6 is 0 Å². The van der Waals surface area contributed by atoms with Gasteiger partial charge in [-0.2, -0.15) is 0 Å². The van der Waals surface area contributed by atoms with Crippen LogP contribution in [0.15, 0.2) is 18.2 Å². The monoisotopic (exact) mass is 280 g/mol. The fourth-order valence-electron chi connectivity index (χ4n) is 2.31. The highest BCUT2D eigenvalue weighted by Gasteiger charge is 2.24. The lowest BCUT2D eigenvalue weighted by Gasteiger charge is -2.37. The number of likely N-dealkylation sites (tertiary alicyclic amines) is 1. The molecule has 1 aromatic carbocycles. The van der Waals surface area contributed by atoms with E-state index in [0.717, 1.165) is 13.1 Å². The van der Waals surface area contributed by atoms with E-state index in [-0.39, 0.29) is 17.3 Å². The van der Waals surface area contributed by atoms with Gasteiger partial charge in [-0.1, -0.05) is 32.9 Å². The molecule has 1 aromatic rings. The summed E-state index contributed by atoms with van der Waals surface area (Å²) < 4.78 is 14.2. The number of hydrogen-bond acceptors (Lipinski definition) is 2. The van der Waals surface area contributed by atoms with Gasteiger partial charge >= 0.3 is 0 Å². The van der Waals surface area contributed by atoms with E-state index in [2.05, 4.69) is 11.8 Å². The van der Waals surface area contributed by atoms with Crippen molar-refractivity contribution in [2.24, 2.45) is 5.92 Å². The smallest absolute Gasteiger partial charge is 0.256 e. The molecule has 0 N–H and O–H groups in total. The van der Waals surface area contributed by atoms with Gasteiger partial charge in [0.15, 0.2) is 0 Å². The minimum Gasteiger partial charge on any atom is -0.345 e. The number of amides is 1. The Labute approximate surface area is 121 Å². The van der Waals surface area contributed by atoms with Crippen molar-refractivity contribution in [2.45, 2.75) is 27.3 Å². The third kappa shape index (κ3) is 3.79. The average Bonchev–Trinajstić information content (AvgIpc) is 2.40. The second-order valence-electron chi connectivity index (χ2n) is 5.28. The fraction of sp³-hybridized carbons (Fsp3) is 0.562. The van der Waals surface area contributed by atoms with Crippen LogP contribution in [-0.4, -0.2) is 42.9 Å². The molecule has 112 valence electrons. The first-order valence-electron chi connectivity index (χ1n) is 7.20. The van der Waals surface area contributed by atoms with Crippen molar-refractivity contribution < 1.29 is 9.18 Å². The topological polar surface area (TPSA) is 23.6 Å². The largest absolute Gasteiger partial charge is 0.345 e. The first-order chi connectivity index (χ1) is 9.49. The summed E-state index contributed by atoms with van der Waals surface area (Å²) in [6.45, 7) is 8.78. The number of benzene rings is 1. The van der Waals surface area contributed by atoms with E-state index in [4.69, 9.17) is 0 Å². The van der Waals surface area contributed by atoms with Crippen molar-refractivity contribution in [3.05, 3.63) is 35.1 Å². The van der Waals surface area contributed by atoms with Crippen LogP contribution in [0.25, 0.3) is 0 Å². The SMILES string of the molecule is CC.CC1CN(Cc2cccc(C(=O)N(C)C)c2F)C1. The van der Waals surface area contributed by atoms with Crippen molar-refractivity contribution in [3.8, 4) is 0 Å². The normalized spacial score (nSPS) is 15.1. The van der Waals surface area contributed by atoms with Gasteiger partial charge in [-0.15, -0.1) is 0 Å². The van der Waals surface area contributed by atoms with Gasteiger partial charge in [0.25, 0.3) is 5.91 Å². The Morgan fingerprint density at radius 1 is 1.35 bits per heavy atom. The van der Waals surface area contributed by atoms with E-state index >= 15 is 0 Å². The molecule has 0 aromatic heterocycles. The van der Waals surface area contributed by atoms with E-state index in [1.54, 1.807) is 32.3 Å². The lowest BCUT2D eigenvalue weighted by molar-refractivity contribution is 0.0820. The summed E-state index contributed by atoms with van der Waals surface area (Å²) >= 11 is 0. The zero-order valence-electron chi connectivity index (χ0n) is 13.1. The molecule has 20 heavy (non-hydrogen) atoms. The Morgan fingerprint density at radius 3 is 2.45 bits per heavy atom. The molecule has 3 nitrogen and oxygen atoms in total. The molecular formula is C16H25FN2O. The van der Waals surface area contributed by atoms with Crippen LogP contribution in [-0.2, 0) is 6.54 Å². The highest BCUT2D eigenvalue weighted by atomic mass is 19.1. The summed E-state index contributed by atoms with van der Waals surface area (Å²) in [6.07, 6.45) is 0. The average molecular weight is 280 g/mol. The molecule has 1 aliphatic rings. The maximum Gasteiger partial charge on any atom is 0.256 e. The van der Waals surface area contributed by atoms with Crippen LogP contribution in [0.1, 0.15) is 36.7 Å². The zero-order valence-corrected chi connectivity index (χ0v) is 13.1. The van der Waals surface area contributed by atoms with Crippen LogP contribution in [0.5, 0.6) is 0 Å². The van der Waals surface area contributed by atoms with Crippen molar-refractivity contribution in [3.63, 3.8) is 0 Å². The molecule has 0 saturated carbocycles. The lowest BCUT2D eigenvalue weighted by Crippen LogP contribution is -2.44. The third-order valence-corrected chi connectivity index (χ3v) is 3.25. The second kappa shape index (κ2) is 7.39. The highest BCUT2D eigenvalue weighted by Crippen LogP contribution is 2.21. The van der Waals surface area contributed by atoms with Gasteiger partial charge in [-0.3, -0.25) is 9.69 Å². The van der Waals surface area contributed by atoms with Gasteiger partial charge in [0, 0.05) is 39.3 Å². The molecule has 1 heterocycles. The van der Waals surface area contributed by atoms with E-state index in [0.29, 0.717) is 18.0 Å². The molecule has 0 bridgehead atoms. The molecule has 0 unspecified atom stereocenters. The molecule has 1 fully saturated rings. The first-order valence-corrected chi connectivity index (χ1v) is 7.20. The Hall–Kier alpha value is -1.42. The quantitative estimate of drug-likeness (QED) is 0.849. The lowest BCUT2D eigenvalue weighted by atomic mass is 10.0. The van der Waals surface area contributed by atoms with Crippen molar-refractivity contribution in [1.29, 1.82) is 0 Å². The number of hydrogen-bond donors (Lipinski definition) is 0. The Balaban J connectivity index is 0.000000956. The van der Waals surface area contributed by atoms with Crippen LogP contribution in [0.4, 0.5) is 4.39 Å². The molecule has 1 saturated heterocycles. The van der Waals surface area contributed by atoms with E-state index < -0.39 is 0 Å². The van der Waals surface area contributed by atoms with Crippen LogP contribution in [0, 0.1) is 11.7 Å². The Kier molecular flexibility index (Phi) is 6.14. The van der Waals surface area contributed by atoms with Crippen molar-refractivity contribution in [2.75, 3.05) is 27.2 Å². The van der Waals surface area contributed by atoms with Crippen molar-refractivity contribution >= 4 is 5.91 Å². The van der Waals surface area contributed by atoms with Gasteiger partial charge in [0.1, 0.15) is 5.82 Å². The van der Waals surface area contributed by atoms with E-state index in [1.165, 1.54) is 4.90 Å². The third-order valence-electron chi connectivity index (χ3n) is 3.25. The van der Waals surface area contributed by atoms with Crippen molar-refractivity contribution in [1.82, 2.24) is 9.80 Å². The zero-order chi connectivity index (χ0) is 15.3. The van der Waals surface area contributed by atoms with E-state index in [1.807, 2.05) is 13.8 Å². The predicted octanol–water partition coefficient (Wildman–Crippen LogP) is 3.01. The molecule has 0 radical (unpaired) electrons. The predicted molar refractivity (Wildman–Crippen MR) is 80.2 cm³/mol. The summed E-state index contributed by atoms with van der Waals surface area (Å²) in [7, 11) is 3.26. The minimum atomic E-state index is -0.379. The molecule has 1 aliphatic heterocycles. The second-order valence-corrected chi connectivity index (χ2v) is 5.28. The van der Waals surface area contributed by atoms with Gasteiger partial charge in [-0.05, 0) is 12.0 Å². The van der Waals surface area contributed by atoms with Gasteiger partial charge in [-0.25, -0.2) is 4.39 Å². The highest BCUT2D eigenvalue weighted by molar-refractivity contribution is 5.94. The summed E-state index contributed by atoms with van der Waals surface area (Å²) in [5, 5.41) is 0. The van der Waals surface area contributed by atoms with Gasteiger partial charge < -0.3 is 4.90 Å². The number of rotatable bonds is 3. The van der Waals surface area contributed by atoms with Crippen LogP contribution < -0.4 is 0 Å². The molecular weight excluding hydrogens is 255 g/mol. The summed E-state index contributed by atoms with van der Waals surface area (Å²) in [5.74, 6) is 0.0294. The maximum absolute atomic E-state index is 14.2.